The summed E-state index contributed by atoms with van der Waals surface area (Å²) in [5, 5.41) is 13.6. The molecule has 92 valence electrons. The molecule has 0 aliphatic heterocycles. The summed E-state index contributed by atoms with van der Waals surface area (Å²) < 4.78 is 0. The largest absolute Gasteiger partial charge is 0.392 e. The second kappa shape index (κ2) is 6.14. The zero-order valence-corrected chi connectivity index (χ0v) is 10.5. The van der Waals surface area contributed by atoms with Crippen LogP contribution in [0.1, 0.15) is 10.4 Å². The molecule has 0 atom stereocenters. The van der Waals surface area contributed by atoms with E-state index in [0.717, 1.165) is 10.4 Å². The summed E-state index contributed by atoms with van der Waals surface area (Å²) in [6.07, 6.45) is 3.29. The topological polar surface area (TPSA) is 49.3 Å². The smallest absolute Gasteiger partial charge is 0.248 e. The number of thiophene rings is 1. The van der Waals surface area contributed by atoms with Crippen LogP contribution in [-0.4, -0.2) is 11.0 Å². The highest BCUT2D eigenvalue weighted by Gasteiger charge is 1.98. The maximum atomic E-state index is 11.6. The van der Waals surface area contributed by atoms with E-state index in [2.05, 4.69) is 5.32 Å². The van der Waals surface area contributed by atoms with Gasteiger partial charge in [-0.15, -0.1) is 11.3 Å². The van der Waals surface area contributed by atoms with Gasteiger partial charge in [0, 0.05) is 16.6 Å². The molecule has 0 unspecified atom stereocenters. The van der Waals surface area contributed by atoms with Crippen molar-refractivity contribution < 1.29 is 9.90 Å². The molecule has 4 heteroatoms. The monoisotopic (exact) mass is 259 g/mol. The highest BCUT2D eigenvalue weighted by molar-refractivity contribution is 7.10. The normalized spacial score (nSPS) is 10.7. The van der Waals surface area contributed by atoms with Gasteiger partial charge in [-0.3, -0.25) is 4.79 Å². The van der Waals surface area contributed by atoms with Crippen LogP contribution in [0, 0.1) is 0 Å². The minimum absolute atomic E-state index is 0.00646. The van der Waals surface area contributed by atoms with Crippen molar-refractivity contribution in [3.05, 3.63) is 58.3 Å². The molecule has 1 amide bonds. The summed E-state index contributed by atoms with van der Waals surface area (Å²) >= 11 is 1.58. The summed E-state index contributed by atoms with van der Waals surface area (Å²) in [6.45, 7) is 0.00646. The van der Waals surface area contributed by atoms with Crippen molar-refractivity contribution >= 4 is 29.0 Å². The number of hydrogen-bond donors (Lipinski definition) is 2. The van der Waals surface area contributed by atoms with E-state index in [1.165, 1.54) is 6.08 Å². The van der Waals surface area contributed by atoms with Gasteiger partial charge in [0.25, 0.3) is 0 Å². The Bertz CT molecular complexity index is 529. The predicted octanol–water partition coefficient (Wildman–Crippen LogP) is 2.89. The Kier molecular flexibility index (Phi) is 4.28. The van der Waals surface area contributed by atoms with Crippen LogP contribution in [0.5, 0.6) is 0 Å². The molecule has 18 heavy (non-hydrogen) atoms. The van der Waals surface area contributed by atoms with E-state index in [1.807, 2.05) is 17.5 Å². The molecule has 0 aliphatic carbocycles. The summed E-state index contributed by atoms with van der Waals surface area (Å²) in [6, 6.07) is 11.0. The van der Waals surface area contributed by atoms with Crippen molar-refractivity contribution in [2.75, 3.05) is 5.32 Å². The van der Waals surface area contributed by atoms with Crippen LogP contribution in [0.3, 0.4) is 0 Å². The third-order valence-corrected chi connectivity index (χ3v) is 3.18. The Hall–Kier alpha value is -1.91. The number of anilines is 1. The average Bonchev–Trinajstić information content (AvgIpc) is 2.90. The van der Waals surface area contributed by atoms with Crippen molar-refractivity contribution in [2.45, 2.75) is 6.61 Å². The summed E-state index contributed by atoms with van der Waals surface area (Å²) in [4.78, 5) is 12.7. The second-order valence-corrected chi connectivity index (χ2v) is 4.67. The molecular weight excluding hydrogens is 246 g/mol. The summed E-state index contributed by atoms with van der Waals surface area (Å²) in [5.74, 6) is -0.167. The van der Waals surface area contributed by atoms with E-state index in [1.54, 1.807) is 41.7 Å². The van der Waals surface area contributed by atoms with E-state index >= 15 is 0 Å². The van der Waals surface area contributed by atoms with Crippen LogP contribution < -0.4 is 5.32 Å². The van der Waals surface area contributed by atoms with Gasteiger partial charge in [-0.1, -0.05) is 18.2 Å². The minimum atomic E-state index is -0.167. The van der Waals surface area contributed by atoms with E-state index in [-0.39, 0.29) is 12.5 Å². The Morgan fingerprint density at radius 2 is 2.06 bits per heavy atom. The third-order valence-electron chi connectivity index (χ3n) is 2.35. The average molecular weight is 259 g/mol. The lowest BCUT2D eigenvalue weighted by atomic mass is 10.2. The van der Waals surface area contributed by atoms with Crippen LogP contribution in [-0.2, 0) is 11.4 Å². The number of hydrogen-bond acceptors (Lipinski definition) is 3. The van der Waals surface area contributed by atoms with E-state index < -0.39 is 0 Å². The molecule has 0 spiro atoms. The number of aliphatic hydroxyl groups is 1. The number of carbonyl (C=O) groups is 1. The first-order valence-corrected chi connectivity index (χ1v) is 6.38. The Morgan fingerprint density at radius 1 is 1.28 bits per heavy atom. The van der Waals surface area contributed by atoms with E-state index in [9.17, 15) is 4.79 Å². The lowest BCUT2D eigenvalue weighted by molar-refractivity contribution is -0.111. The van der Waals surface area contributed by atoms with Crippen LogP contribution in [0.2, 0.25) is 0 Å². The van der Waals surface area contributed by atoms with Gasteiger partial charge in [0.1, 0.15) is 0 Å². The van der Waals surface area contributed by atoms with Crippen molar-refractivity contribution in [2.24, 2.45) is 0 Å². The maximum absolute atomic E-state index is 11.6. The first kappa shape index (κ1) is 12.5. The van der Waals surface area contributed by atoms with Crippen molar-refractivity contribution in [3.8, 4) is 0 Å². The van der Waals surface area contributed by atoms with Gasteiger partial charge in [-0.05, 0) is 35.2 Å². The van der Waals surface area contributed by atoms with E-state index in [4.69, 9.17) is 5.11 Å². The number of amides is 1. The molecule has 0 saturated carbocycles. The zero-order chi connectivity index (χ0) is 12.8. The molecular formula is C14H13NO2S. The molecule has 0 bridgehead atoms. The fourth-order valence-corrected chi connectivity index (χ4v) is 2.04. The van der Waals surface area contributed by atoms with Crippen LogP contribution in [0.4, 0.5) is 5.69 Å². The molecule has 2 rings (SSSR count). The lowest BCUT2D eigenvalue weighted by Crippen LogP contribution is -2.07. The Morgan fingerprint density at radius 3 is 2.67 bits per heavy atom. The fourth-order valence-electron chi connectivity index (χ4n) is 1.42. The number of aliphatic hydroxyl groups excluding tert-OH is 1. The Labute approximate surface area is 109 Å². The molecule has 2 aromatic rings. The molecule has 3 nitrogen and oxygen atoms in total. The van der Waals surface area contributed by atoms with Gasteiger partial charge in [-0.25, -0.2) is 0 Å². The van der Waals surface area contributed by atoms with Crippen molar-refractivity contribution in [1.82, 2.24) is 0 Å². The van der Waals surface area contributed by atoms with Gasteiger partial charge < -0.3 is 10.4 Å². The third kappa shape index (κ3) is 3.55. The number of carbonyl (C=O) groups excluding carboxylic acids is 1. The minimum Gasteiger partial charge on any atom is -0.392 e. The first-order valence-electron chi connectivity index (χ1n) is 5.50. The highest BCUT2D eigenvalue weighted by atomic mass is 32.1. The van der Waals surface area contributed by atoms with Crippen LogP contribution in [0.25, 0.3) is 6.08 Å². The number of benzene rings is 1. The predicted molar refractivity (Wildman–Crippen MR) is 74.3 cm³/mol. The SMILES string of the molecule is O=C(C=Cc1cccs1)Nc1ccc(CO)cc1. The van der Waals surface area contributed by atoms with Gasteiger partial charge in [0.2, 0.25) is 5.91 Å². The molecule has 0 fully saturated rings. The number of nitrogens with one attached hydrogen (secondary N) is 1. The molecule has 1 heterocycles. The van der Waals surface area contributed by atoms with Crippen molar-refractivity contribution in [3.63, 3.8) is 0 Å². The molecule has 0 saturated heterocycles. The van der Waals surface area contributed by atoms with Crippen molar-refractivity contribution in [1.29, 1.82) is 0 Å². The molecule has 2 N–H and O–H groups in total. The highest BCUT2D eigenvalue weighted by Crippen LogP contribution is 2.12. The van der Waals surface area contributed by atoms with Crippen LogP contribution >= 0.6 is 11.3 Å². The quantitative estimate of drug-likeness (QED) is 0.829. The number of rotatable bonds is 4. The molecule has 1 aromatic carbocycles. The standard InChI is InChI=1S/C14H13NO2S/c16-10-11-3-5-12(6-4-11)15-14(17)8-7-13-2-1-9-18-13/h1-9,16H,10H2,(H,15,17). The summed E-state index contributed by atoms with van der Waals surface area (Å²) in [5.41, 5.74) is 1.54. The van der Waals surface area contributed by atoms with Crippen LogP contribution in [0.15, 0.2) is 47.9 Å². The van der Waals surface area contributed by atoms with Gasteiger partial charge in [0.15, 0.2) is 0 Å². The molecule has 0 radical (unpaired) electrons. The zero-order valence-electron chi connectivity index (χ0n) is 9.67. The maximum Gasteiger partial charge on any atom is 0.248 e. The van der Waals surface area contributed by atoms with Gasteiger partial charge in [-0.2, -0.15) is 0 Å². The Balaban J connectivity index is 1.94. The summed E-state index contributed by atoms with van der Waals surface area (Å²) in [7, 11) is 0. The first-order chi connectivity index (χ1) is 8.78. The lowest BCUT2D eigenvalue weighted by Gasteiger charge is -2.02. The van der Waals surface area contributed by atoms with Gasteiger partial charge >= 0.3 is 0 Å². The van der Waals surface area contributed by atoms with E-state index in [0.29, 0.717) is 5.69 Å². The second-order valence-electron chi connectivity index (χ2n) is 3.69. The van der Waals surface area contributed by atoms with Gasteiger partial charge in [0.05, 0.1) is 6.61 Å². The molecule has 1 aromatic heterocycles. The fraction of sp³-hybridized carbons (Fsp3) is 0.0714. The molecule has 0 aliphatic rings.